The second-order valence-electron chi connectivity index (χ2n) is 7.36. The number of hydrogen-bond acceptors (Lipinski definition) is 3. The molecule has 6 heteroatoms. The minimum Gasteiger partial charge on any atom is -0.341 e. The highest BCUT2D eigenvalue weighted by molar-refractivity contribution is 6.03. The summed E-state index contributed by atoms with van der Waals surface area (Å²) in [7, 11) is 0. The molecule has 0 radical (unpaired) electrons. The summed E-state index contributed by atoms with van der Waals surface area (Å²) >= 11 is 0. The van der Waals surface area contributed by atoms with Gasteiger partial charge in [0.05, 0.1) is 11.6 Å². The monoisotopic (exact) mass is 352 g/mol. The van der Waals surface area contributed by atoms with Crippen LogP contribution in [0.1, 0.15) is 35.7 Å². The van der Waals surface area contributed by atoms with Crippen LogP contribution in [0, 0.1) is 19.8 Å². The number of anilines is 1. The van der Waals surface area contributed by atoms with Crippen LogP contribution in [0.25, 0.3) is 0 Å². The van der Waals surface area contributed by atoms with Crippen molar-refractivity contribution in [2.45, 2.75) is 39.2 Å². The molecule has 0 aliphatic carbocycles. The van der Waals surface area contributed by atoms with Gasteiger partial charge in [0.25, 0.3) is 0 Å². The number of aryl methyl sites for hydroxylation is 2. The Balaban J connectivity index is 1.39. The number of carbonyl (C=O) groups is 2. The number of likely N-dealkylation sites (tertiary alicyclic amines) is 1. The molecule has 2 amide bonds. The van der Waals surface area contributed by atoms with Gasteiger partial charge in [-0.25, -0.2) is 0 Å². The van der Waals surface area contributed by atoms with Crippen LogP contribution in [-0.2, 0) is 16.1 Å². The van der Waals surface area contributed by atoms with E-state index in [9.17, 15) is 9.59 Å². The quantitative estimate of drug-likeness (QED) is 0.923. The number of fused-ring (bicyclic) bond motifs is 1. The Kier molecular flexibility index (Phi) is 4.26. The molecular formula is C20H24N4O2. The maximum atomic E-state index is 12.6. The van der Waals surface area contributed by atoms with Crippen LogP contribution in [0.15, 0.2) is 30.3 Å². The number of para-hydroxylation sites is 1. The van der Waals surface area contributed by atoms with Crippen LogP contribution < -0.4 is 5.32 Å². The van der Waals surface area contributed by atoms with E-state index in [2.05, 4.69) is 10.4 Å². The van der Waals surface area contributed by atoms with Gasteiger partial charge < -0.3 is 10.2 Å². The molecule has 2 aromatic rings. The largest absolute Gasteiger partial charge is 0.341 e. The third-order valence-corrected chi connectivity index (χ3v) is 5.59. The van der Waals surface area contributed by atoms with Gasteiger partial charge in [0.1, 0.15) is 6.54 Å². The molecule has 1 atom stereocenters. The zero-order valence-electron chi connectivity index (χ0n) is 15.2. The minimum atomic E-state index is -0.0838. The minimum absolute atomic E-state index is 0.0838. The van der Waals surface area contributed by atoms with E-state index in [4.69, 9.17) is 0 Å². The number of aromatic nitrogens is 2. The maximum Gasteiger partial charge on any atom is 0.244 e. The SMILES string of the molecule is Cc1cc(C)n(CC(=O)N2CCC(C3C(=O)Nc4ccccc43)CC2)n1. The molecule has 1 aromatic heterocycles. The molecule has 1 unspecified atom stereocenters. The number of hydrogen-bond donors (Lipinski definition) is 1. The molecule has 2 aliphatic rings. The highest BCUT2D eigenvalue weighted by Crippen LogP contribution is 2.41. The van der Waals surface area contributed by atoms with Gasteiger partial charge in [0.2, 0.25) is 11.8 Å². The van der Waals surface area contributed by atoms with E-state index < -0.39 is 0 Å². The first kappa shape index (κ1) is 16.8. The fraction of sp³-hybridized carbons (Fsp3) is 0.450. The number of piperidine rings is 1. The number of nitrogens with one attached hydrogen (secondary N) is 1. The van der Waals surface area contributed by atoms with Crippen molar-refractivity contribution in [1.29, 1.82) is 0 Å². The van der Waals surface area contributed by atoms with Crippen molar-refractivity contribution in [3.05, 3.63) is 47.3 Å². The fourth-order valence-corrected chi connectivity index (χ4v) is 4.25. The fourth-order valence-electron chi connectivity index (χ4n) is 4.25. The number of rotatable bonds is 3. The first-order valence-corrected chi connectivity index (χ1v) is 9.21. The summed E-state index contributed by atoms with van der Waals surface area (Å²) in [5.41, 5.74) is 3.97. The topological polar surface area (TPSA) is 67.2 Å². The van der Waals surface area contributed by atoms with Crippen LogP contribution in [0.2, 0.25) is 0 Å². The van der Waals surface area contributed by atoms with Gasteiger partial charge in [-0.15, -0.1) is 0 Å². The van der Waals surface area contributed by atoms with Gasteiger partial charge in [-0.2, -0.15) is 5.10 Å². The molecule has 6 nitrogen and oxygen atoms in total. The molecule has 0 spiro atoms. The first-order valence-electron chi connectivity index (χ1n) is 9.21. The standard InChI is InChI=1S/C20H24N4O2/c1-13-11-14(2)24(22-13)12-18(25)23-9-7-15(8-10-23)19-16-5-3-4-6-17(16)21-20(19)26/h3-6,11,15,19H,7-10,12H2,1-2H3,(H,21,26). The van der Waals surface area contributed by atoms with Crippen molar-refractivity contribution in [1.82, 2.24) is 14.7 Å². The summed E-state index contributed by atoms with van der Waals surface area (Å²) in [5.74, 6) is 0.403. The number of nitrogens with zero attached hydrogens (tertiary/aromatic N) is 3. The molecular weight excluding hydrogens is 328 g/mol. The second kappa shape index (κ2) is 6.59. The lowest BCUT2D eigenvalue weighted by Crippen LogP contribution is -2.42. The van der Waals surface area contributed by atoms with Crippen molar-refractivity contribution in [3.8, 4) is 0 Å². The lowest BCUT2D eigenvalue weighted by atomic mass is 9.81. The average Bonchev–Trinajstić information content (AvgIpc) is 3.12. The summed E-state index contributed by atoms with van der Waals surface area (Å²) in [6.07, 6.45) is 1.71. The molecule has 136 valence electrons. The highest BCUT2D eigenvalue weighted by atomic mass is 16.2. The van der Waals surface area contributed by atoms with Gasteiger partial charge in [-0.05, 0) is 50.3 Å². The molecule has 1 fully saturated rings. The summed E-state index contributed by atoms with van der Waals surface area (Å²) < 4.78 is 1.77. The van der Waals surface area contributed by atoms with Crippen molar-refractivity contribution in [3.63, 3.8) is 0 Å². The van der Waals surface area contributed by atoms with Crippen molar-refractivity contribution in [2.75, 3.05) is 18.4 Å². The summed E-state index contributed by atoms with van der Waals surface area (Å²) in [5, 5.41) is 7.36. The molecule has 26 heavy (non-hydrogen) atoms. The Morgan fingerprint density at radius 3 is 2.65 bits per heavy atom. The molecule has 1 saturated heterocycles. The zero-order chi connectivity index (χ0) is 18.3. The third-order valence-electron chi connectivity index (χ3n) is 5.59. The summed E-state index contributed by atoms with van der Waals surface area (Å²) in [6.45, 7) is 5.60. The normalized spacial score (nSPS) is 20.2. The highest BCUT2D eigenvalue weighted by Gasteiger charge is 2.38. The van der Waals surface area contributed by atoms with Crippen LogP contribution in [0.4, 0.5) is 5.69 Å². The molecule has 3 heterocycles. The van der Waals surface area contributed by atoms with Crippen molar-refractivity contribution >= 4 is 17.5 Å². The number of amides is 2. The third kappa shape index (κ3) is 3.00. The number of carbonyl (C=O) groups excluding carboxylic acids is 2. The first-order chi connectivity index (χ1) is 12.5. The van der Waals surface area contributed by atoms with E-state index >= 15 is 0 Å². The van der Waals surface area contributed by atoms with E-state index in [1.807, 2.05) is 49.1 Å². The molecule has 4 rings (SSSR count). The van der Waals surface area contributed by atoms with Crippen LogP contribution in [0.3, 0.4) is 0 Å². The second-order valence-corrected chi connectivity index (χ2v) is 7.36. The average molecular weight is 352 g/mol. The smallest absolute Gasteiger partial charge is 0.244 e. The van der Waals surface area contributed by atoms with Crippen LogP contribution in [0.5, 0.6) is 0 Å². The van der Waals surface area contributed by atoms with E-state index in [-0.39, 0.29) is 30.2 Å². The van der Waals surface area contributed by atoms with Crippen LogP contribution >= 0.6 is 0 Å². The maximum absolute atomic E-state index is 12.6. The zero-order valence-corrected chi connectivity index (χ0v) is 15.2. The van der Waals surface area contributed by atoms with Gasteiger partial charge in [0.15, 0.2) is 0 Å². The van der Waals surface area contributed by atoms with Gasteiger partial charge in [-0.3, -0.25) is 14.3 Å². The van der Waals surface area contributed by atoms with E-state index in [0.717, 1.165) is 35.5 Å². The Morgan fingerprint density at radius 1 is 1.23 bits per heavy atom. The predicted molar refractivity (Wildman–Crippen MR) is 98.8 cm³/mol. The van der Waals surface area contributed by atoms with Crippen molar-refractivity contribution in [2.24, 2.45) is 5.92 Å². The van der Waals surface area contributed by atoms with E-state index in [1.54, 1.807) is 4.68 Å². The van der Waals surface area contributed by atoms with Gasteiger partial charge in [0, 0.05) is 24.5 Å². The molecule has 0 saturated carbocycles. The van der Waals surface area contributed by atoms with Crippen LogP contribution in [-0.4, -0.2) is 39.6 Å². The summed E-state index contributed by atoms with van der Waals surface area (Å²) in [6, 6.07) is 9.91. The van der Waals surface area contributed by atoms with E-state index in [0.29, 0.717) is 13.1 Å². The Morgan fingerprint density at radius 2 is 1.96 bits per heavy atom. The Bertz CT molecular complexity index is 849. The summed E-state index contributed by atoms with van der Waals surface area (Å²) in [4.78, 5) is 26.9. The Labute approximate surface area is 153 Å². The van der Waals surface area contributed by atoms with Gasteiger partial charge >= 0.3 is 0 Å². The molecule has 0 bridgehead atoms. The van der Waals surface area contributed by atoms with E-state index in [1.165, 1.54) is 0 Å². The molecule has 1 aromatic carbocycles. The molecule has 1 N–H and O–H groups in total. The Hall–Kier alpha value is -2.63. The lowest BCUT2D eigenvalue weighted by molar-refractivity contribution is -0.133. The lowest BCUT2D eigenvalue weighted by Gasteiger charge is -2.34. The molecule has 2 aliphatic heterocycles. The van der Waals surface area contributed by atoms with Gasteiger partial charge in [-0.1, -0.05) is 18.2 Å². The van der Waals surface area contributed by atoms with Crippen molar-refractivity contribution < 1.29 is 9.59 Å². The number of benzene rings is 1. The predicted octanol–water partition coefficient (Wildman–Crippen LogP) is 2.47.